The van der Waals surface area contributed by atoms with Gasteiger partial charge in [-0.2, -0.15) is 13.2 Å². The van der Waals surface area contributed by atoms with Crippen molar-refractivity contribution in [1.29, 1.82) is 0 Å². The zero-order chi connectivity index (χ0) is 14.9. The normalized spacial score (nSPS) is 25.4. The van der Waals surface area contributed by atoms with Crippen LogP contribution in [0.15, 0.2) is 5.38 Å². The number of halogens is 3. The van der Waals surface area contributed by atoms with Crippen molar-refractivity contribution in [1.82, 2.24) is 4.98 Å². The number of rotatable bonds is 3. The van der Waals surface area contributed by atoms with Crippen LogP contribution >= 0.6 is 11.3 Å². The predicted molar refractivity (Wildman–Crippen MR) is 69.2 cm³/mol. The molecule has 3 rings (SSSR count). The summed E-state index contributed by atoms with van der Waals surface area (Å²) in [6, 6.07) is 0. The minimum absolute atomic E-state index is 0.193. The molecule has 0 bridgehead atoms. The zero-order valence-electron chi connectivity index (χ0n) is 11.1. The van der Waals surface area contributed by atoms with Crippen LogP contribution in [0.3, 0.4) is 0 Å². The van der Waals surface area contributed by atoms with E-state index in [0.29, 0.717) is 39.2 Å². The molecule has 1 unspecified atom stereocenters. The third-order valence-electron chi connectivity index (χ3n) is 3.44. The number of ether oxygens (including phenoxy) is 3. The third kappa shape index (κ3) is 3.47. The Kier molecular flexibility index (Phi) is 4.08. The van der Waals surface area contributed by atoms with Crippen molar-refractivity contribution in [3.8, 4) is 0 Å². The van der Waals surface area contributed by atoms with Crippen molar-refractivity contribution in [3.63, 3.8) is 0 Å². The van der Waals surface area contributed by atoms with Crippen LogP contribution in [0.5, 0.6) is 0 Å². The molecule has 0 radical (unpaired) electrons. The van der Waals surface area contributed by atoms with Gasteiger partial charge in [0.15, 0.2) is 16.6 Å². The van der Waals surface area contributed by atoms with Gasteiger partial charge in [-0.05, 0) is 0 Å². The Morgan fingerprint density at radius 3 is 2.81 bits per heavy atom. The molecule has 0 aliphatic carbocycles. The smallest absolute Gasteiger partial charge is 0.381 e. The molecule has 5 nitrogen and oxygen atoms in total. The van der Waals surface area contributed by atoms with Crippen LogP contribution in [0.2, 0.25) is 0 Å². The fourth-order valence-electron chi connectivity index (χ4n) is 2.35. The Morgan fingerprint density at radius 2 is 2.14 bits per heavy atom. The maximum Gasteiger partial charge on any atom is 0.434 e. The maximum atomic E-state index is 12.4. The predicted octanol–water partition coefficient (Wildman–Crippen LogP) is 2.50. The van der Waals surface area contributed by atoms with E-state index in [1.165, 1.54) is 0 Å². The van der Waals surface area contributed by atoms with Crippen LogP contribution in [-0.4, -0.2) is 43.2 Å². The van der Waals surface area contributed by atoms with Crippen LogP contribution in [-0.2, 0) is 20.4 Å². The second-order valence-electron chi connectivity index (χ2n) is 4.99. The molecule has 21 heavy (non-hydrogen) atoms. The van der Waals surface area contributed by atoms with Gasteiger partial charge < -0.3 is 19.5 Å². The van der Waals surface area contributed by atoms with Crippen molar-refractivity contribution in [2.45, 2.75) is 30.9 Å². The van der Waals surface area contributed by atoms with Crippen LogP contribution in [0.25, 0.3) is 0 Å². The zero-order valence-corrected chi connectivity index (χ0v) is 11.9. The van der Waals surface area contributed by atoms with E-state index in [4.69, 9.17) is 14.2 Å². The average molecular weight is 324 g/mol. The molecule has 3 heterocycles. The third-order valence-corrected chi connectivity index (χ3v) is 4.24. The van der Waals surface area contributed by atoms with Crippen molar-refractivity contribution >= 4 is 16.5 Å². The largest absolute Gasteiger partial charge is 0.434 e. The van der Waals surface area contributed by atoms with E-state index in [9.17, 15) is 13.2 Å². The molecule has 0 aromatic carbocycles. The topological polar surface area (TPSA) is 52.6 Å². The molecule has 1 N–H and O–H groups in total. The maximum absolute atomic E-state index is 12.4. The van der Waals surface area contributed by atoms with Gasteiger partial charge in [0, 0.05) is 24.8 Å². The van der Waals surface area contributed by atoms with Gasteiger partial charge in [-0.25, -0.2) is 4.98 Å². The first-order chi connectivity index (χ1) is 9.97. The highest BCUT2D eigenvalue weighted by atomic mass is 32.1. The van der Waals surface area contributed by atoms with Gasteiger partial charge in [0.25, 0.3) is 0 Å². The minimum atomic E-state index is -4.41. The fourth-order valence-corrected chi connectivity index (χ4v) is 3.08. The molecule has 2 aliphatic rings. The standard InChI is InChI=1S/C12H15F3N2O3S/c13-12(14,15)9-7-21-10(17-9)16-5-8-6-19-11(20-8)1-3-18-4-2-11/h7-8H,1-6H2,(H,16,17). The van der Waals surface area contributed by atoms with Crippen molar-refractivity contribution in [2.75, 3.05) is 31.7 Å². The molecule has 0 saturated carbocycles. The number of anilines is 1. The summed E-state index contributed by atoms with van der Waals surface area (Å²) in [5.41, 5.74) is -0.875. The molecular weight excluding hydrogens is 309 g/mol. The molecule has 0 amide bonds. The summed E-state index contributed by atoms with van der Waals surface area (Å²) in [6.07, 6.45) is -3.24. The summed E-state index contributed by atoms with van der Waals surface area (Å²) in [6.45, 7) is 1.99. The SMILES string of the molecule is FC(F)(F)c1csc(NCC2COC3(CCOCC3)O2)n1. The summed E-state index contributed by atoms with van der Waals surface area (Å²) >= 11 is 0.928. The molecule has 2 saturated heterocycles. The number of nitrogens with one attached hydrogen (secondary N) is 1. The number of nitrogens with zero attached hydrogens (tertiary/aromatic N) is 1. The van der Waals surface area contributed by atoms with Gasteiger partial charge in [0.05, 0.1) is 19.8 Å². The minimum Gasteiger partial charge on any atom is -0.381 e. The van der Waals surface area contributed by atoms with E-state index < -0.39 is 17.7 Å². The summed E-state index contributed by atoms with van der Waals surface area (Å²) < 4.78 is 54.2. The van der Waals surface area contributed by atoms with Crippen LogP contribution in [0, 0.1) is 0 Å². The number of thiazole rings is 1. The van der Waals surface area contributed by atoms with Crippen molar-refractivity contribution in [3.05, 3.63) is 11.1 Å². The van der Waals surface area contributed by atoms with Gasteiger partial charge in [-0.1, -0.05) is 0 Å². The Labute approximate surface area is 123 Å². The molecule has 1 spiro atoms. The van der Waals surface area contributed by atoms with E-state index in [1.807, 2.05) is 0 Å². The van der Waals surface area contributed by atoms with E-state index in [0.717, 1.165) is 16.7 Å². The van der Waals surface area contributed by atoms with E-state index in [1.54, 1.807) is 0 Å². The highest BCUT2D eigenvalue weighted by Gasteiger charge is 2.42. The fraction of sp³-hybridized carbons (Fsp3) is 0.750. The first-order valence-electron chi connectivity index (χ1n) is 6.63. The molecule has 118 valence electrons. The number of alkyl halides is 3. The Morgan fingerprint density at radius 1 is 1.38 bits per heavy atom. The first kappa shape index (κ1) is 15.0. The van der Waals surface area contributed by atoms with Gasteiger partial charge in [0.2, 0.25) is 0 Å². The summed E-state index contributed by atoms with van der Waals surface area (Å²) in [5.74, 6) is -0.579. The molecular formula is C12H15F3N2O3S. The first-order valence-corrected chi connectivity index (χ1v) is 7.51. The molecule has 1 aromatic rings. The molecule has 1 aromatic heterocycles. The van der Waals surface area contributed by atoms with Crippen molar-refractivity contribution < 1.29 is 27.4 Å². The van der Waals surface area contributed by atoms with E-state index in [2.05, 4.69) is 10.3 Å². The summed E-state index contributed by atoms with van der Waals surface area (Å²) in [4.78, 5) is 3.51. The van der Waals surface area contributed by atoms with Gasteiger partial charge in [-0.3, -0.25) is 0 Å². The highest BCUT2D eigenvalue weighted by Crippen LogP contribution is 2.34. The van der Waals surface area contributed by atoms with Crippen LogP contribution in [0.1, 0.15) is 18.5 Å². The number of hydrogen-bond donors (Lipinski definition) is 1. The summed E-state index contributed by atoms with van der Waals surface area (Å²) in [7, 11) is 0. The van der Waals surface area contributed by atoms with Crippen LogP contribution in [0.4, 0.5) is 18.3 Å². The van der Waals surface area contributed by atoms with Gasteiger partial charge >= 0.3 is 6.18 Å². The van der Waals surface area contributed by atoms with Crippen LogP contribution < -0.4 is 5.32 Å². The summed E-state index contributed by atoms with van der Waals surface area (Å²) in [5, 5.41) is 4.10. The lowest BCUT2D eigenvalue weighted by Crippen LogP contribution is -2.38. The molecule has 1 atom stereocenters. The Bertz CT molecular complexity index is 488. The lowest BCUT2D eigenvalue weighted by Gasteiger charge is -2.31. The Hall–Kier alpha value is -0.900. The lowest BCUT2D eigenvalue weighted by atomic mass is 10.1. The van der Waals surface area contributed by atoms with Gasteiger partial charge in [-0.15, -0.1) is 11.3 Å². The number of hydrogen-bond acceptors (Lipinski definition) is 6. The lowest BCUT2D eigenvalue weighted by molar-refractivity contribution is -0.209. The molecule has 2 fully saturated rings. The van der Waals surface area contributed by atoms with Crippen molar-refractivity contribution in [2.24, 2.45) is 0 Å². The highest BCUT2D eigenvalue weighted by molar-refractivity contribution is 7.13. The second kappa shape index (κ2) is 5.71. The Balaban J connectivity index is 1.51. The quantitative estimate of drug-likeness (QED) is 0.926. The average Bonchev–Trinajstić information content (AvgIpc) is 3.05. The van der Waals surface area contributed by atoms with E-state index >= 15 is 0 Å². The molecule has 2 aliphatic heterocycles. The second-order valence-corrected chi connectivity index (χ2v) is 5.85. The molecule has 9 heteroatoms. The van der Waals surface area contributed by atoms with E-state index in [-0.39, 0.29) is 11.2 Å². The van der Waals surface area contributed by atoms with Gasteiger partial charge in [0.1, 0.15) is 6.10 Å². The number of aromatic nitrogens is 1. The monoisotopic (exact) mass is 324 g/mol.